The maximum absolute atomic E-state index is 2.71. The molecule has 1 aliphatic heterocycles. The molecule has 2 rings (SSSR count). The third kappa shape index (κ3) is 3.96. The van der Waals surface area contributed by atoms with Gasteiger partial charge in [-0.2, -0.15) is 0 Å². The van der Waals surface area contributed by atoms with E-state index in [2.05, 4.69) is 30.6 Å². The van der Waals surface area contributed by atoms with Crippen molar-refractivity contribution in [3.63, 3.8) is 0 Å². The Bertz CT molecular complexity index is 211. The van der Waals surface area contributed by atoms with Crippen molar-refractivity contribution in [2.24, 2.45) is 11.8 Å². The van der Waals surface area contributed by atoms with E-state index in [1.165, 1.54) is 58.4 Å². The first-order valence-corrected chi connectivity index (χ1v) is 7.61. The molecule has 2 aliphatic rings. The minimum Gasteiger partial charge on any atom is -0.301 e. The van der Waals surface area contributed by atoms with Crippen molar-refractivity contribution in [3.8, 4) is 0 Å². The molecule has 0 unspecified atom stereocenters. The monoisotopic (exact) mass is 238 g/mol. The van der Waals surface area contributed by atoms with Gasteiger partial charge in [-0.1, -0.05) is 19.8 Å². The molecule has 2 fully saturated rings. The zero-order valence-corrected chi connectivity index (χ0v) is 12.0. The molecule has 1 aliphatic carbocycles. The van der Waals surface area contributed by atoms with E-state index in [9.17, 15) is 0 Å². The summed E-state index contributed by atoms with van der Waals surface area (Å²) in [5, 5.41) is 0. The fourth-order valence-corrected chi connectivity index (χ4v) is 3.34. The van der Waals surface area contributed by atoms with E-state index in [0.29, 0.717) is 0 Å². The quantitative estimate of drug-likeness (QED) is 0.746. The number of hydrogen-bond donors (Lipinski definition) is 0. The van der Waals surface area contributed by atoms with E-state index >= 15 is 0 Å². The number of rotatable bonds is 3. The molecule has 0 bridgehead atoms. The third-order valence-corrected chi connectivity index (χ3v) is 4.79. The van der Waals surface area contributed by atoms with E-state index in [0.717, 1.165) is 17.9 Å². The Hall–Kier alpha value is -0.0800. The van der Waals surface area contributed by atoms with Crippen LogP contribution in [0.1, 0.15) is 46.5 Å². The maximum Gasteiger partial charge on any atom is 0.0113 e. The molecule has 0 N–H and O–H groups in total. The molecule has 0 aromatic carbocycles. The van der Waals surface area contributed by atoms with Gasteiger partial charge in [0.1, 0.15) is 0 Å². The highest BCUT2D eigenvalue weighted by molar-refractivity contribution is 4.78. The third-order valence-electron chi connectivity index (χ3n) is 4.79. The van der Waals surface area contributed by atoms with Crippen molar-refractivity contribution in [2.45, 2.75) is 52.5 Å². The summed E-state index contributed by atoms with van der Waals surface area (Å²) in [6.45, 7) is 13.6. The molecular weight excluding hydrogens is 208 g/mol. The molecule has 0 atom stereocenters. The van der Waals surface area contributed by atoms with Crippen molar-refractivity contribution < 1.29 is 0 Å². The predicted octanol–water partition coefficient (Wildman–Crippen LogP) is 2.84. The number of piperazine rings is 1. The Morgan fingerprint density at radius 2 is 1.53 bits per heavy atom. The van der Waals surface area contributed by atoms with Crippen LogP contribution in [-0.2, 0) is 0 Å². The van der Waals surface area contributed by atoms with Crippen LogP contribution >= 0.6 is 0 Å². The van der Waals surface area contributed by atoms with Gasteiger partial charge in [0.05, 0.1) is 0 Å². The van der Waals surface area contributed by atoms with Gasteiger partial charge in [0.2, 0.25) is 0 Å². The highest BCUT2D eigenvalue weighted by Crippen LogP contribution is 2.29. The average Bonchev–Trinajstić information content (AvgIpc) is 2.33. The van der Waals surface area contributed by atoms with Gasteiger partial charge in [-0.25, -0.2) is 0 Å². The molecule has 100 valence electrons. The van der Waals surface area contributed by atoms with Crippen LogP contribution in [-0.4, -0.2) is 48.6 Å². The molecule has 1 saturated heterocycles. The largest absolute Gasteiger partial charge is 0.301 e. The minimum atomic E-state index is 0.729. The zero-order valence-electron chi connectivity index (χ0n) is 12.0. The minimum absolute atomic E-state index is 0.729. The summed E-state index contributed by atoms with van der Waals surface area (Å²) in [7, 11) is 0. The second-order valence-corrected chi connectivity index (χ2v) is 6.56. The van der Waals surface area contributed by atoms with E-state index in [-0.39, 0.29) is 0 Å². The maximum atomic E-state index is 2.71. The highest BCUT2D eigenvalue weighted by atomic mass is 15.3. The first-order valence-electron chi connectivity index (χ1n) is 7.61. The first-order chi connectivity index (χ1) is 8.15. The van der Waals surface area contributed by atoms with Crippen LogP contribution in [0.2, 0.25) is 0 Å². The Morgan fingerprint density at radius 1 is 0.941 bits per heavy atom. The molecule has 0 aromatic rings. The fraction of sp³-hybridized carbons (Fsp3) is 1.00. The summed E-state index contributed by atoms with van der Waals surface area (Å²) in [5.41, 5.74) is 0. The molecule has 2 nitrogen and oxygen atoms in total. The molecule has 2 heteroatoms. The normalized spacial score (nSPS) is 33.2. The SMILES string of the molecule is CC1CCC(CN2CCN(C(C)C)CC2)CC1. The molecular formula is C15H30N2. The summed E-state index contributed by atoms with van der Waals surface area (Å²) < 4.78 is 0. The molecule has 17 heavy (non-hydrogen) atoms. The van der Waals surface area contributed by atoms with Crippen molar-refractivity contribution in [3.05, 3.63) is 0 Å². The smallest absolute Gasteiger partial charge is 0.0113 e. The fourth-order valence-electron chi connectivity index (χ4n) is 3.34. The van der Waals surface area contributed by atoms with Crippen LogP contribution in [0.3, 0.4) is 0 Å². The lowest BCUT2D eigenvalue weighted by atomic mass is 9.83. The van der Waals surface area contributed by atoms with Gasteiger partial charge in [-0.3, -0.25) is 4.90 Å². The van der Waals surface area contributed by atoms with E-state index in [1.54, 1.807) is 0 Å². The van der Waals surface area contributed by atoms with E-state index < -0.39 is 0 Å². The van der Waals surface area contributed by atoms with Crippen LogP contribution in [0.15, 0.2) is 0 Å². The van der Waals surface area contributed by atoms with E-state index in [4.69, 9.17) is 0 Å². The zero-order chi connectivity index (χ0) is 12.3. The lowest BCUT2D eigenvalue weighted by Gasteiger charge is -2.39. The van der Waals surface area contributed by atoms with E-state index in [1.807, 2.05) is 0 Å². The summed E-state index contributed by atoms with van der Waals surface area (Å²) in [4.78, 5) is 5.32. The Morgan fingerprint density at radius 3 is 2.06 bits per heavy atom. The Kier molecular flexibility index (Phi) is 4.87. The summed E-state index contributed by atoms with van der Waals surface area (Å²) in [6, 6.07) is 0.729. The number of nitrogens with zero attached hydrogens (tertiary/aromatic N) is 2. The van der Waals surface area contributed by atoms with Crippen LogP contribution in [0, 0.1) is 11.8 Å². The lowest BCUT2D eigenvalue weighted by molar-refractivity contribution is 0.0880. The molecule has 0 radical (unpaired) electrons. The number of hydrogen-bond acceptors (Lipinski definition) is 2. The van der Waals surface area contributed by atoms with Gasteiger partial charge in [-0.05, 0) is 38.5 Å². The van der Waals surface area contributed by atoms with Gasteiger partial charge in [0.15, 0.2) is 0 Å². The van der Waals surface area contributed by atoms with Gasteiger partial charge in [-0.15, -0.1) is 0 Å². The van der Waals surface area contributed by atoms with Crippen LogP contribution in [0.5, 0.6) is 0 Å². The van der Waals surface area contributed by atoms with Crippen LogP contribution in [0.4, 0.5) is 0 Å². The van der Waals surface area contributed by atoms with Gasteiger partial charge in [0.25, 0.3) is 0 Å². The van der Waals surface area contributed by atoms with Gasteiger partial charge < -0.3 is 4.90 Å². The van der Waals surface area contributed by atoms with Crippen molar-refractivity contribution in [2.75, 3.05) is 32.7 Å². The van der Waals surface area contributed by atoms with Gasteiger partial charge >= 0.3 is 0 Å². The topological polar surface area (TPSA) is 6.48 Å². The van der Waals surface area contributed by atoms with Crippen LogP contribution in [0.25, 0.3) is 0 Å². The van der Waals surface area contributed by atoms with Crippen molar-refractivity contribution >= 4 is 0 Å². The molecule has 1 heterocycles. The average molecular weight is 238 g/mol. The highest BCUT2D eigenvalue weighted by Gasteiger charge is 2.23. The Labute approximate surface area is 107 Å². The molecule has 0 spiro atoms. The van der Waals surface area contributed by atoms with Crippen LogP contribution < -0.4 is 0 Å². The summed E-state index contributed by atoms with van der Waals surface area (Å²) in [6.07, 6.45) is 5.89. The molecule has 1 saturated carbocycles. The van der Waals surface area contributed by atoms with Crippen molar-refractivity contribution in [1.29, 1.82) is 0 Å². The first kappa shape index (κ1) is 13.4. The van der Waals surface area contributed by atoms with Gasteiger partial charge in [0, 0.05) is 38.8 Å². The van der Waals surface area contributed by atoms with Crippen molar-refractivity contribution in [1.82, 2.24) is 9.80 Å². The summed E-state index contributed by atoms with van der Waals surface area (Å²) in [5.74, 6) is 1.99. The molecule has 0 amide bonds. The molecule has 0 aromatic heterocycles. The Balaban J connectivity index is 1.67. The predicted molar refractivity (Wildman–Crippen MR) is 74.3 cm³/mol. The second kappa shape index (κ2) is 6.19. The summed E-state index contributed by atoms with van der Waals surface area (Å²) >= 11 is 0. The lowest BCUT2D eigenvalue weighted by Crippen LogP contribution is -2.50. The second-order valence-electron chi connectivity index (χ2n) is 6.56. The standard InChI is InChI=1S/C15H30N2/c1-13(2)17-10-8-16(9-11-17)12-15-6-4-14(3)5-7-15/h13-15H,4-12H2,1-3H3.